The van der Waals surface area contributed by atoms with E-state index in [0.717, 1.165) is 47.6 Å². The first kappa shape index (κ1) is 34.5. The molecular formula is C38H54Cl2N2O3. The number of rotatable bonds is 12. The van der Waals surface area contributed by atoms with Crippen LogP contribution in [0.3, 0.4) is 0 Å². The average molecular weight is 658 g/mol. The second-order valence-electron chi connectivity index (χ2n) is 15.4. The molecule has 0 unspecified atom stereocenters. The number of ketones is 1. The molecule has 1 aromatic rings. The first-order chi connectivity index (χ1) is 21.5. The van der Waals surface area contributed by atoms with Crippen molar-refractivity contribution < 1.29 is 14.4 Å². The lowest BCUT2D eigenvalue weighted by molar-refractivity contribution is -0.116. The highest BCUT2D eigenvalue weighted by atomic mass is 35.5. The molecule has 45 heavy (non-hydrogen) atoms. The van der Waals surface area contributed by atoms with Gasteiger partial charge in [0, 0.05) is 37.0 Å². The summed E-state index contributed by atoms with van der Waals surface area (Å²) in [5, 5.41) is 4.58. The van der Waals surface area contributed by atoms with Gasteiger partial charge in [0.15, 0.2) is 5.78 Å². The lowest BCUT2D eigenvalue weighted by Gasteiger charge is -2.58. The highest BCUT2D eigenvalue weighted by Crippen LogP contribution is 2.67. The molecule has 0 spiro atoms. The molecule has 4 aliphatic carbocycles. The Morgan fingerprint density at radius 3 is 2.38 bits per heavy atom. The summed E-state index contributed by atoms with van der Waals surface area (Å²) in [6.45, 7) is 13.5. The number of halogens is 2. The highest BCUT2D eigenvalue weighted by Gasteiger charge is 2.60. The summed E-state index contributed by atoms with van der Waals surface area (Å²) in [6.07, 6.45) is 13.1. The third-order valence-electron chi connectivity index (χ3n) is 12.4. The molecule has 0 amide bonds. The Bertz CT molecular complexity index is 1270. The maximum atomic E-state index is 13.2. The molecule has 5 nitrogen and oxygen atoms in total. The SMILES string of the molecule is CC(C)CCC[C@@H](C)[C@H]1CC[C@H]2[C@@H]3C/C(=N\OC(=O)c4ccc(N(CCCl)CCCl)cc4)C4=CC(=O)CC[C@]4(C)[C@H]3CC[C@]12C. The van der Waals surface area contributed by atoms with Crippen LogP contribution in [0.15, 0.2) is 41.1 Å². The van der Waals surface area contributed by atoms with Crippen molar-refractivity contribution in [1.82, 2.24) is 0 Å². The zero-order valence-corrected chi connectivity index (χ0v) is 29.6. The first-order valence-corrected chi connectivity index (χ1v) is 18.6. The van der Waals surface area contributed by atoms with Gasteiger partial charge < -0.3 is 9.74 Å². The van der Waals surface area contributed by atoms with E-state index in [1.54, 1.807) is 12.1 Å². The number of hydrogen-bond donors (Lipinski definition) is 0. The van der Waals surface area contributed by atoms with Crippen molar-refractivity contribution in [2.45, 2.75) is 98.8 Å². The van der Waals surface area contributed by atoms with Crippen LogP contribution in [-0.2, 0) is 9.63 Å². The van der Waals surface area contributed by atoms with Gasteiger partial charge in [0.25, 0.3) is 0 Å². The predicted octanol–water partition coefficient (Wildman–Crippen LogP) is 9.70. The van der Waals surface area contributed by atoms with Gasteiger partial charge in [0.1, 0.15) is 0 Å². The summed E-state index contributed by atoms with van der Waals surface area (Å²) >= 11 is 12.0. The number of carbonyl (C=O) groups excluding carboxylic acids is 2. The van der Waals surface area contributed by atoms with Crippen LogP contribution in [-0.4, -0.2) is 42.3 Å². The van der Waals surface area contributed by atoms with E-state index in [1.165, 1.54) is 44.9 Å². The summed E-state index contributed by atoms with van der Waals surface area (Å²) in [6, 6.07) is 7.34. The van der Waals surface area contributed by atoms with Gasteiger partial charge in [-0.2, -0.15) is 0 Å². The summed E-state index contributed by atoms with van der Waals surface area (Å²) in [4.78, 5) is 33.7. The van der Waals surface area contributed by atoms with Crippen LogP contribution in [0.25, 0.3) is 0 Å². The Kier molecular flexibility index (Phi) is 11.1. The monoisotopic (exact) mass is 656 g/mol. The van der Waals surface area contributed by atoms with Crippen LogP contribution in [0.1, 0.15) is 109 Å². The van der Waals surface area contributed by atoms with E-state index in [2.05, 4.69) is 44.7 Å². The van der Waals surface area contributed by atoms with Crippen molar-refractivity contribution in [2.75, 3.05) is 29.7 Å². The summed E-state index contributed by atoms with van der Waals surface area (Å²) in [5.41, 5.74) is 3.46. The van der Waals surface area contributed by atoms with Crippen molar-refractivity contribution in [2.24, 2.45) is 51.5 Å². The van der Waals surface area contributed by atoms with Crippen molar-refractivity contribution in [3.63, 3.8) is 0 Å². The fourth-order valence-electron chi connectivity index (χ4n) is 10.1. The molecule has 7 heteroatoms. The Morgan fingerprint density at radius 2 is 1.71 bits per heavy atom. The second-order valence-corrected chi connectivity index (χ2v) is 16.1. The minimum atomic E-state index is -0.480. The molecule has 1 aromatic carbocycles. The standard InChI is InChI=1S/C38H54Cl2N2O3/c1-25(2)7-6-8-26(3)31-13-14-32-30-24-35(34-23-29(43)15-17-38(34,5)33(30)16-18-37(31,32)4)41-45-36(44)27-9-11-28(12-10-27)42(21-19-39)22-20-40/h9-12,23,25-26,30-33H,6-8,13-22,24H2,1-5H3/b41-35+/t26-,30+,31-,32+,33+,37-,38-/m1/s1. The second kappa shape index (κ2) is 14.5. The minimum absolute atomic E-state index is 0.111. The number of nitrogens with zero attached hydrogens (tertiary/aromatic N) is 2. The Labute approximate surface area is 281 Å². The molecule has 7 atom stereocenters. The van der Waals surface area contributed by atoms with E-state index in [1.807, 2.05) is 18.2 Å². The lowest BCUT2D eigenvalue weighted by atomic mass is 9.46. The largest absolute Gasteiger partial charge is 0.369 e. The van der Waals surface area contributed by atoms with E-state index in [-0.39, 0.29) is 11.2 Å². The van der Waals surface area contributed by atoms with E-state index >= 15 is 0 Å². The van der Waals surface area contributed by atoms with Gasteiger partial charge in [-0.15, -0.1) is 23.2 Å². The van der Waals surface area contributed by atoms with Crippen LogP contribution >= 0.6 is 23.2 Å². The zero-order valence-electron chi connectivity index (χ0n) is 28.1. The molecular weight excluding hydrogens is 603 g/mol. The van der Waals surface area contributed by atoms with Gasteiger partial charge in [-0.05, 0) is 121 Å². The Hall–Kier alpha value is -1.85. The van der Waals surface area contributed by atoms with Crippen LogP contribution in [0.4, 0.5) is 5.69 Å². The first-order valence-electron chi connectivity index (χ1n) is 17.5. The van der Waals surface area contributed by atoms with Crippen molar-refractivity contribution in [1.29, 1.82) is 0 Å². The summed E-state index contributed by atoms with van der Waals surface area (Å²) in [7, 11) is 0. The predicted molar refractivity (Wildman–Crippen MR) is 186 cm³/mol. The summed E-state index contributed by atoms with van der Waals surface area (Å²) in [5.74, 6) is 4.62. The number of carbonyl (C=O) groups is 2. The maximum Gasteiger partial charge on any atom is 0.365 e. The molecule has 0 heterocycles. The van der Waals surface area contributed by atoms with Gasteiger partial charge in [0.05, 0.1) is 11.3 Å². The van der Waals surface area contributed by atoms with E-state index in [9.17, 15) is 9.59 Å². The quantitative estimate of drug-likeness (QED) is 0.128. The summed E-state index contributed by atoms with van der Waals surface area (Å²) < 4.78 is 0. The van der Waals surface area contributed by atoms with Crippen LogP contribution in [0.2, 0.25) is 0 Å². The fraction of sp³-hybridized carbons (Fsp3) is 0.711. The molecule has 3 fully saturated rings. The molecule has 0 N–H and O–H groups in total. The van der Waals surface area contributed by atoms with Gasteiger partial charge >= 0.3 is 5.97 Å². The number of hydrogen-bond acceptors (Lipinski definition) is 5. The number of fused-ring (bicyclic) bond motifs is 5. The average Bonchev–Trinajstić information content (AvgIpc) is 3.37. The van der Waals surface area contributed by atoms with E-state index < -0.39 is 5.97 Å². The van der Waals surface area contributed by atoms with Crippen LogP contribution < -0.4 is 4.90 Å². The normalized spacial score (nSPS) is 32.5. The lowest BCUT2D eigenvalue weighted by Crippen LogP contribution is -2.53. The van der Waals surface area contributed by atoms with Crippen LogP contribution in [0, 0.1) is 46.3 Å². The maximum absolute atomic E-state index is 13.2. The number of allylic oxidation sites excluding steroid dienone is 1. The molecule has 248 valence electrons. The molecule has 4 aliphatic rings. The Morgan fingerprint density at radius 1 is 1.00 bits per heavy atom. The van der Waals surface area contributed by atoms with Gasteiger partial charge in [-0.3, -0.25) is 4.79 Å². The van der Waals surface area contributed by atoms with Crippen molar-refractivity contribution in [3.05, 3.63) is 41.5 Å². The third kappa shape index (κ3) is 7.05. The molecule has 0 radical (unpaired) electrons. The van der Waals surface area contributed by atoms with Crippen molar-refractivity contribution >= 4 is 46.4 Å². The molecule has 3 saturated carbocycles. The van der Waals surface area contributed by atoms with Crippen LogP contribution in [0.5, 0.6) is 0 Å². The highest BCUT2D eigenvalue weighted by molar-refractivity contribution is 6.18. The molecule has 0 aromatic heterocycles. The molecule has 5 rings (SSSR count). The topological polar surface area (TPSA) is 59.0 Å². The van der Waals surface area contributed by atoms with Gasteiger partial charge in [-0.1, -0.05) is 59.0 Å². The van der Waals surface area contributed by atoms with Gasteiger partial charge in [-0.25, -0.2) is 4.79 Å². The number of anilines is 1. The Balaban J connectivity index is 1.36. The fourth-order valence-corrected chi connectivity index (χ4v) is 10.5. The van der Waals surface area contributed by atoms with E-state index in [0.29, 0.717) is 60.0 Å². The smallest absolute Gasteiger partial charge is 0.365 e. The van der Waals surface area contributed by atoms with E-state index in [4.69, 9.17) is 28.0 Å². The number of alkyl halides is 2. The van der Waals surface area contributed by atoms with Gasteiger partial charge in [0.2, 0.25) is 0 Å². The van der Waals surface area contributed by atoms with Crippen molar-refractivity contribution in [3.8, 4) is 0 Å². The number of benzene rings is 1. The number of oxime groups is 1. The molecule has 0 bridgehead atoms. The molecule has 0 saturated heterocycles. The third-order valence-corrected chi connectivity index (χ3v) is 12.8. The molecule has 0 aliphatic heterocycles. The zero-order chi connectivity index (χ0) is 32.4. The minimum Gasteiger partial charge on any atom is -0.369 e.